The molecule has 0 spiro atoms. The van der Waals surface area contributed by atoms with Crippen LogP contribution in [0.1, 0.15) is 24.2 Å². The van der Waals surface area contributed by atoms with Crippen LogP contribution in [-0.4, -0.2) is 56.2 Å². The number of piperazine rings is 1. The number of hydrogen-bond acceptors (Lipinski definition) is 7. The van der Waals surface area contributed by atoms with Crippen LogP contribution in [0.3, 0.4) is 0 Å². The zero-order chi connectivity index (χ0) is 25.1. The van der Waals surface area contributed by atoms with Crippen LogP contribution in [0.25, 0.3) is 21.9 Å². The van der Waals surface area contributed by atoms with Gasteiger partial charge in [-0.15, -0.1) is 0 Å². The molecule has 36 heavy (non-hydrogen) atoms. The maximum absolute atomic E-state index is 13.0. The highest BCUT2D eigenvalue weighted by Gasteiger charge is 2.18. The zero-order valence-electron chi connectivity index (χ0n) is 20.3. The van der Waals surface area contributed by atoms with Gasteiger partial charge in [-0.2, -0.15) is 0 Å². The van der Waals surface area contributed by atoms with Gasteiger partial charge in [0.1, 0.15) is 11.6 Å². The minimum absolute atomic E-state index is 0.203. The minimum Gasteiger partial charge on any atom is -0.382 e. The van der Waals surface area contributed by atoms with E-state index in [0.717, 1.165) is 59.6 Å². The van der Waals surface area contributed by atoms with Gasteiger partial charge in [0.2, 0.25) is 0 Å². The van der Waals surface area contributed by atoms with Crippen molar-refractivity contribution in [3.63, 3.8) is 0 Å². The first-order valence-corrected chi connectivity index (χ1v) is 13.0. The number of fused-ring (bicyclic) bond motifs is 1. The van der Waals surface area contributed by atoms with Gasteiger partial charge < -0.3 is 15.5 Å². The molecule has 0 bridgehead atoms. The van der Waals surface area contributed by atoms with Crippen LogP contribution < -0.4 is 15.5 Å². The Kier molecular flexibility index (Phi) is 7.28. The van der Waals surface area contributed by atoms with E-state index in [1.54, 1.807) is 18.5 Å². The lowest BCUT2D eigenvalue weighted by atomic mass is 10.0. The number of carbonyl (C=O) groups excluding carboxylic acids is 1. The number of benzene rings is 1. The summed E-state index contributed by atoms with van der Waals surface area (Å²) in [5.74, 6) is 1.13. The summed E-state index contributed by atoms with van der Waals surface area (Å²) in [6.07, 6.45) is 7.16. The molecule has 5 rings (SSSR count). The van der Waals surface area contributed by atoms with Crippen molar-refractivity contribution in [1.82, 2.24) is 18.1 Å². The van der Waals surface area contributed by atoms with Crippen molar-refractivity contribution in [2.45, 2.75) is 19.9 Å². The van der Waals surface area contributed by atoms with E-state index in [9.17, 15) is 4.79 Å². The second kappa shape index (κ2) is 10.8. The van der Waals surface area contributed by atoms with Gasteiger partial charge in [-0.25, -0.2) is 13.1 Å². The molecule has 4 heterocycles. The van der Waals surface area contributed by atoms with E-state index >= 15 is 0 Å². The van der Waals surface area contributed by atoms with E-state index in [1.165, 1.54) is 0 Å². The van der Waals surface area contributed by atoms with Gasteiger partial charge in [-0.05, 0) is 55.1 Å². The Morgan fingerprint density at radius 2 is 1.75 bits per heavy atom. The molecule has 1 aliphatic rings. The lowest BCUT2D eigenvalue weighted by molar-refractivity contribution is 0.102. The number of nitrogens with zero attached hydrogens (tertiary/aromatic N) is 5. The SMILES string of the molecule is CC(C)Nc1cncc(-c2ccc3cnc(NC(=O)c4ccnc(N5CCN(I)CC5)c4)cc3c2)c1. The molecule has 0 aliphatic carbocycles. The summed E-state index contributed by atoms with van der Waals surface area (Å²) in [7, 11) is 0. The van der Waals surface area contributed by atoms with Crippen molar-refractivity contribution in [3.05, 3.63) is 72.8 Å². The Balaban J connectivity index is 1.35. The normalized spacial score (nSPS) is 14.3. The number of pyridine rings is 3. The van der Waals surface area contributed by atoms with E-state index in [-0.39, 0.29) is 5.91 Å². The highest BCUT2D eigenvalue weighted by molar-refractivity contribution is 14.1. The number of rotatable bonds is 6. The topological polar surface area (TPSA) is 86.3 Å². The molecule has 0 atom stereocenters. The number of hydrogen-bond donors (Lipinski definition) is 2. The maximum Gasteiger partial charge on any atom is 0.257 e. The standard InChI is InChI=1S/C27H28IN7O/c1-18(2)32-24-12-23(15-29-17-24)19-3-4-21-16-31-25(13-22(21)11-19)33-27(36)20-5-6-30-26(14-20)34-7-9-35(28)10-8-34/h3-6,11-18,32H,7-10H2,1-2H3,(H,31,33,36). The van der Waals surface area contributed by atoms with E-state index in [4.69, 9.17) is 0 Å². The first kappa shape index (κ1) is 24.4. The molecule has 1 aromatic carbocycles. The van der Waals surface area contributed by atoms with E-state index < -0.39 is 0 Å². The zero-order valence-corrected chi connectivity index (χ0v) is 22.4. The summed E-state index contributed by atoms with van der Waals surface area (Å²) in [6.45, 7) is 7.92. The van der Waals surface area contributed by atoms with E-state index in [0.29, 0.717) is 17.4 Å². The van der Waals surface area contributed by atoms with Crippen LogP contribution in [0.5, 0.6) is 0 Å². The number of halogens is 1. The molecule has 8 nitrogen and oxygen atoms in total. The van der Waals surface area contributed by atoms with Crippen molar-refractivity contribution < 1.29 is 4.79 Å². The fourth-order valence-corrected chi connectivity index (χ4v) is 4.66. The fourth-order valence-electron chi connectivity index (χ4n) is 4.23. The summed E-state index contributed by atoms with van der Waals surface area (Å²) < 4.78 is 2.26. The Morgan fingerprint density at radius 3 is 2.56 bits per heavy atom. The lowest BCUT2D eigenvalue weighted by Gasteiger charge is -2.32. The highest BCUT2D eigenvalue weighted by atomic mass is 127. The third-order valence-electron chi connectivity index (χ3n) is 6.05. The maximum atomic E-state index is 13.0. The Morgan fingerprint density at radius 1 is 0.917 bits per heavy atom. The molecule has 184 valence electrons. The second-order valence-corrected chi connectivity index (χ2v) is 10.5. The van der Waals surface area contributed by atoms with Crippen molar-refractivity contribution in [1.29, 1.82) is 0 Å². The lowest BCUT2D eigenvalue weighted by Crippen LogP contribution is -2.42. The van der Waals surface area contributed by atoms with Crippen molar-refractivity contribution >= 4 is 56.9 Å². The van der Waals surface area contributed by atoms with Gasteiger partial charge in [0, 0.05) is 96.4 Å². The molecule has 2 N–H and O–H groups in total. The summed E-state index contributed by atoms with van der Waals surface area (Å²) in [4.78, 5) is 28.6. The van der Waals surface area contributed by atoms with Gasteiger partial charge in [0.05, 0.1) is 5.69 Å². The molecule has 0 radical (unpaired) electrons. The van der Waals surface area contributed by atoms with Crippen LogP contribution >= 0.6 is 22.9 Å². The van der Waals surface area contributed by atoms with Crippen LogP contribution in [0, 0.1) is 0 Å². The quantitative estimate of drug-likeness (QED) is 0.234. The molecule has 1 saturated heterocycles. The molecule has 9 heteroatoms. The van der Waals surface area contributed by atoms with Crippen molar-refractivity contribution in [2.24, 2.45) is 0 Å². The third-order valence-corrected chi connectivity index (χ3v) is 7.01. The van der Waals surface area contributed by atoms with Crippen LogP contribution in [-0.2, 0) is 0 Å². The molecular weight excluding hydrogens is 565 g/mol. The minimum atomic E-state index is -0.203. The van der Waals surface area contributed by atoms with Crippen LogP contribution in [0.4, 0.5) is 17.3 Å². The number of anilines is 3. The van der Waals surface area contributed by atoms with Gasteiger partial charge >= 0.3 is 0 Å². The van der Waals surface area contributed by atoms with E-state index in [2.05, 4.69) is 88.5 Å². The van der Waals surface area contributed by atoms with Gasteiger partial charge in [-0.3, -0.25) is 9.78 Å². The van der Waals surface area contributed by atoms with Gasteiger partial charge in [-0.1, -0.05) is 12.1 Å². The molecule has 1 amide bonds. The molecular formula is C27H28IN7O. The number of aromatic nitrogens is 3. The monoisotopic (exact) mass is 593 g/mol. The molecule has 4 aromatic rings. The largest absolute Gasteiger partial charge is 0.382 e. The fraction of sp³-hybridized carbons (Fsp3) is 0.259. The summed E-state index contributed by atoms with van der Waals surface area (Å²) >= 11 is 2.34. The molecule has 0 saturated carbocycles. The second-order valence-electron chi connectivity index (χ2n) is 9.15. The Labute approximate surface area is 224 Å². The number of nitrogens with one attached hydrogen (secondary N) is 2. The Hall–Kier alpha value is -3.31. The van der Waals surface area contributed by atoms with Gasteiger partial charge in [0.15, 0.2) is 0 Å². The van der Waals surface area contributed by atoms with Crippen LogP contribution in [0.2, 0.25) is 0 Å². The Bertz CT molecular complexity index is 1390. The smallest absolute Gasteiger partial charge is 0.257 e. The molecule has 1 aliphatic heterocycles. The predicted molar refractivity (Wildman–Crippen MR) is 154 cm³/mol. The molecule has 3 aromatic heterocycles. The van der Waals surface area contributed by atoms with Crippen LogP contribution in [0.15, 0.2) is 67.3 Å². The third kappa shape index (κ3) is 5.73. The summed E-state index contributed by atoms with van der Waals surface area (Å²) in [5.41, 5.74) is 3.63. The predicted octanol–water partition coefficient (Wildman–Crippen LogP) is 5.24. The average Bonchev–Trinajstić information content (AvgIpc) is 2.88. The summed E-state index contributed by atoms with van der Waals surface area (Å²) in [6, 6.07) is 14.1. The first-order chi connectivity index (χ1) is 17.4. The number of amides is 1. The average molecular weight is 593 g/mol. The highest BCUT2D eigenvalue weighted by Crippen LogP contribution is 2.27. The van der Waals surface area contributed by atoms with Crippen molar-refractivity contribution in [3.8, 4) is 11.1 Å². The van der Waals surface area contributed by atoms with E-state index in [1.807, 2.05) is 30.6 Å². The summed E-state index contributed by atoms with van der Waals surface area (Å²) in [5, 5.41) is 8.34. The first-order valence-electron chi connectivity index (χ1n) is 12.0. The molecule has 0 unspecified atom stereocenters. The number of carbonyl (C=O) groups is 1. The van der Waals surface area contributed by atoms with Gasteiger partial charge in [0.25, 0.3) is 5.91 Å². The molecule has 1 fully saturated rings. The van der Waals surface area contributed by atoms with Crippen molar-refractivity contribution in [2.75, 3.05) is 41.7 Å².